The molecular formula is C28H29N3O3S. The Labute approximate surface area is 210 Å². The van der Waals surface area contributed by atoms with Crippen molar-refractivity contribution in [1.82, 2.24) is 10.3 Å². The van der Waals surface area contributed by atoms with Gasteiger partial charge in [0.2, 0.25) is 0 Å². The summed E-state index contributed by atoms with van der Waals surface area (Å²) in [6.07, 6.45) is 4.89. The SMILES string of the molecule is O=C(N/N=C\c1ccc(OCC(=O)N2CCCCC2)cc1)c1ccc(CSc2ccccc2)cc1. The molecule has 0 bridgehead atoms. The molecular weight excluding hydrogens is 458 g/mol. The molecule has 2 amide bonds. The van der Waals surface area contributed by atoms with Crippen LogP contribution in [0.1, 0.15) is 40.7 Å². The molecule has 1 aliphatic rings. The van der Waals surface area contributed by atoms with Gasteiger partial charge in [-0.15, -0.1) is 11.8 Å². The second-order valence-corrected chi connectivity index (χ2v) is 9.35. The highest BCUT2D eigenvalue weighted by atomic mass is 32.2. The third-order valence-electron chi connectivity index (χ3n) is 5.70. The van der Waals surface area contributed by atoms with Crippen molar-refractivity contribution >= 4 is 29.8 Å². The second-order valence-electron chi connectivity index (χ2n) is 8.30. The molecule has 1 fully saturated rings. The molecule has 0 atom stereocenters. The molecule has 7 heteroatoms. The van der Waals surface area contributed by atoms with E-state index in [-0.39, 0.29) is 18.4 Å². The minimum absolute atomic E-state index is 0.0287. The van der Waals surface area contributed by atoms with Crippen LogP contribution in [0.4, 0.5) is 0 Å². The Morgan fingerprint density at radius 3 is 2.34 bits per heavy atom. The summed E-state index contributed by atoms with van der Waals surface area (Å²) in [4.78, 5) is 27.7. The van der Waals surface area contributed by atoms with Gasteiger partial charge in [-0.2, -0.15) is 5.10 Å². The molecule has 1 saturated heterocycles. The number of benzene rings is 3. The lowest BCUT2D eigenvalue weighted by Gasteiger charge is -2.26. The first-order chi connectivity index (χ1) is 17.2. The quantitative estimate of drug-likeness (QED) is 0.258. The number of thioether (sulfide) groups is 1. The standard InChI is InChI=1S/C28H29N3O3S/c32-27(31-17-5-2-6-18-31)20-34-25-15-11-22(12-16-25)19-29-30-28(33)24-13-9-23(10-14-24)21-35-26-7-3-1-4-8-26/h1,3-4,7-16,19H,2,5-6,17-18,20-21H2,(H,30,33)/b29-19-. The number of carbonyl (C=O) groups is 2. The van der Waals surface area contributed by atoms with Crippen molar-refractivity contribution in [2.75, 3.05) is 19.7 Å². The van der Waals surface area contributed by atoms with Crippen molar-refractivity contribution in [3.8, 4) is 5.75 Å². The number of nitrogens with zero attached hydrogens (tertiary/aromatic N) is 2. The first kappa shape index (κ1) is 24.5. The van der Waals surface area contributed by atoms with Crippen molar-refractivity contribution in [3.63, 3.8) is 0 Å². The Balaban J connectivity index is 1.20. The summed E-state index contributed by atoms with van der Waals surface area (Å²) >= 11 is 1.76. The Hall–Kier alpha value is -3.58. The maximum atomic E-state index is 12.4. The van der Waals surface area contributed by atoms with Crippen LogP contribution >= 0.6 is 11.8 Å². The van der Waals surface area contributed by atoms with E-state index in [1.165, 1.54) is 11.3 Å². The highest BCUT2D eigenvalue weighted by Gasteiger charge is 2.16. The fourth-order valence-electron chi connectivity index (χ4n) is 3.70. The normalized spacial score (nSPS) is 13.5. The zero-order chi connectivity index (χ0) is 24.3. The van der Waals surface area contributed by atoms with Crippen LogP contribution in [-0.4, -0.2) is 42.6 Å². The monoisotopic (exact) mass is 487 g/mol. The minimum Gasteiger partial charge on any atom is -0.484 e. The predicted octanol–water partition coefficient (Wildman–Crippen LogP) is 5.13. The summed E-state index contributed by atoms with van der Waals surface area (Å²) in [6, 6.07) is 25.0. The summed E-state index contributed by atoms with van der Waals surface area (Å²) in [7, 11) is 0. The Morgan fingerprint density at radius 1 is 0.914 bits per heavy atom. The van der Waals surface area contributed by atoms with Gasteiger partial charge in [-0.1, -0.05) is 30.3 Å². The Morgan fingerprint density at radius 2 is 1.63 bits per heavy atom. The number of hydrogen-bond donors (Lipinski definition) is 1. The number of nitrogens with one attached hydrogen (secondary N) is 1. The van der Waals surface area contributed by atoms with Crippen molar-refractivity contribution in [2.45, 2.75) is 29.9 Å². The van der Waals surface area contributed by atoms with E-state index in [0.717, 1.165) is 42.8 Å². The van der Waals surface area contributed by atoms with Gasteiger partial charge in [0.15, 0.2) is 6.61 Å². The fraction of sp³-hybridized carbons (Fsp3) is 0.250. The van der Waals surface area contributed by atoms with Gasteiger partial charge in [-0.3, -0.25) is 9.59 Å². The molecule has 0 aromatic heterocycles. The van der Waals surface area contributed by atoms with Gasteiger partial charge < -0.3 is 9.64 Å². The van der Waals surface area contributed by atoms with Crippen LogP contribution in [-0.2, 0) is 10.5 Å². The molecule has 1 aliphatic heterocycles. The van der Waals surface area contributed by atoms with Gasteiger partial charge in [0.25, 0.3) is 11.8 Å². The maximum absolute atomic E-state index is 12.4. The van der Waals surface area contributed by atoms with Crippen LogP contribution in [0, 0.1) is 0 Å². The van der Waals surface area contributed by atoms with Gasteiger partial charge in [-0.05, 0) is 78.9 Å². The van der Waals surface area contributed by atoms with Gasteiger partial charge in [0.05, 0.1) is 6.21 Å². The molecule has 35 heavy (non-hydrogen) atoms. The van der Waals surface area contributed by atoms with E-state index in [1.807, 2.05) is 59.5 Å². The van der Waals surface area contributed by atoms with Gasteiger partial charge in [0, 0.05) is 29.3 Å². The van der Waals surface area contributed by atoms with E-state index in [9.17, 15) is 9.59 Å². The second kappa shape index (κ2) is 12.8. The molecule has 0 spiro atoms. The van der Waals surface area contributed by atoms with Crippen molar-refractivity contribution in [1.29, 1.82) is 0 Å². The van der Waals surface area contributed by atoms with Crippen LogP contribution < -0.4 is 10.2 Å². The number of carbonyl (C=O) groups excluding carboxylic acids is 2. The molecule has 0 radical (unpaired) electrons. The molecule has 0 aliphatic carbocycles. The Kier molecular flexibility index (Phi) is 8.95. The summed E-state index contributed by atoms with van der Waals surface area (Å²) in [5, 5.41) is 4.05. The van der Waals surface area contributed by atoms with Crippen molar-refractivity contribution < 1.29 is 14.3 Å². The van der Waals surface area contributed by atoms with Crippen LogP contribution in [0.25, 0.3) is 0 Å². The smallest absolute Gasteiger partial charge is 0.271 e. The topological polar surface area (TPSA) is 71.0 Å². The van der Waals surface area contributed by atoms with Crippen molar-refractivity contribution in [3.05, 3.63) is 95.6 Å². The van der Waals surface area contributed by atoms with Gasteiger partial charge >= 0.3 is 0 Å². The highest BCUT2D eigenvalue weighted by molar-refractivity contribution is 7.98. The first-order valence-corrected chi connectivity index (χ1v) is 12.8. The molecule has 0 saturated carbocycles. The molecule has 3 aromatic rings. The fourth-order valence-corrected chi connectivity index (χ4v) is 4.57. The zero-order valence-electron chi connectivity index (χ0n) is 19.6. The first-order valence-electron chi connectivity index (χ1n) is 11.8. The van der Waals surface area contributed by atoms with Crippen LogP contribution in [0.3, 0.4) is 0 Å². The van der Waals surface area contributed by atoms with Crippen LogP contribution in [0.2, 0.25) is 0 Å². The maximum Gasteiger partial charge on any atom is 0.271 e. The lowest BCUT2D eigenvalue weighted by molar-refractivity contribution is -0.134. The Bertz CT molecular complexity index is 1130. The summed E-state index contributed by atoms with van der Waals surface area (Å²) in [6.45, 7) is 1.69. The predicted molar refractivity (Wildman–Crippen MR) is 140 cm³/mol. The molecule has 1 heterocycles. The number of ether oxygens (including phenoxy) is 1. The largest absolute Gasteiger partial charge is 0.484 e. The number of hydrogen-bond acceptors (Lipinski definition) is 5. The molecule has 1 N–H and O–H groups in total. The lowest BCUT2D eigenvalue weighted by Crippen LogP contribution is -2.38. The third-order valence-corrected chi connectivity index (χ3v) is 6.78. The summed E-state index contributed by atoms with van der Waals surface area (Å²) < 4.78 is 5.62. The number of amides is 2. The number of hydrazone groups is 1. The highest BCUT2D eigenvalue weighted by Crippen LogP contribution is 2.22. The minimum atomic E-state index is -0.264. The van der Waals surface area contributed by atoms with E-state index >= 15 is 0 Å². The lowest BCUT2D eigenvalue weighted by atomic mass is 10.1. The van der Waals surface area contributed by atoms with Crippen LogP contribution in [0.5, 0.6) is 5.75 Å². The van der Waals surface area contributed by atoms with Gasteiger partial charge in [0.1, 0.15) is 5.75 Å². The molecule has 180 valence electrons. The van der Waals surface area contributed by atoms with E-state index < -0.39 is 0 Å². The third kappa shape index (κ3) is 7.72. The zero-order valence-corrected chi connectivity index (χ0v) is 20.4. The number of likely N-dealkylation sites (tertiary alicyclic amines) is 1. The average molecular weight is 488 g/mol. The van der Waals surface area contributed by atoms with Crippen molar-refractivity contribution in [2.24, 2.45) is 5.10 Å². The van der Waals surface area contributed by atoms with E-state index in [2.05, 4.69) is 22.7 Å². The van der Waals surface area contributed by atoms with Gasteiger partial charge in [-0.25, -0.2) is 5.43 Å². The number of piperidine rings is 1. The summed E-state index contributed by atoms with van der Waals surface area (Å²) in [5.74, 6) is 1.23. The average Bonchev–Trinajstić information content (AvgIpc) is 2.92. The van der Waals surface area contributed by atoms with E-state index in [1.54, 1.807) is 30.1 Å². The number of rotatable bonds is 9. The van der Waals surface area contributed by atoms with E-state index in [0.29, 0.717) is 11.3 Å². The molecule has 6 nitrogen and oxygen atoms in total. The summed E-state index contributed by atoms with van der Waals surface area (Å²) in [5.41, 5.74) is 5.08. The van der Waals surface area contributed by atoms with E-state index in [4.69, 9.17) is 4.74 Å². The molecule has 4 rings (SSSR count). The van der Waals surface area contributed by atoms with Crippen LogP contribution in [0.15, 0.2) is 88.9 Å². The molecule has 0 unspecified atom stereocenters. The molecule has 3 aromatic carbocycles.